The van der Waals surface area contributed by atoms with Gasteiger partial charge in [-0.3, -0.25) is 24.1 Å². The average molecular weight is 623 g/mol. The van der Waals surface area contributed by atoms with Gasteiger partial charge in [0.1, 0.15) is 29.0 Å². The van der Waals surface area contributed by atoms with Gasteiger partial charge in [0.25, 0.3) is 0 Å². The van der Waals surface area contributed by atoms with Gasteiger partial charge in [-0.05, 0) is 64.3 Å². The molecule has 244 valence electrons. The van der Waals surface area contributed by atoms with Gasteiger partial charge in [-0.1, -0.05) is 42.5 Å². The molecule has 0 saturated carbocycles. The summed E-state index contributed by atoms with van der Waals surface area (Å²) in [7, 11) is 0. The van der Waals surface area contributed by atoms with E-state index in [0.717, 1.165) is 11.1 Å². The molecule has 4 rings (SSSR count). The van der Waals surface area contributed by atoms with Gasteiger partial charge in [0.2, 0.25) is 17.7 Å². The summed E-state index contributed by atoms with van der Waals surface area (Å²) in [5.74, 6) is -0.859. The predicted octanol–water partition coefficient (Wildman–Crippen LogP) is 1.81. The summed E-state index contributed by atoms with van der Waals surface area (Å²) in [5, 5.41) is 8.45. The molecule has 0 aromatic heterocycles. The Balaban J connectivity index is 1.48. The molecule has 2 saturated heterocycles. The normalized spacial score (nSPS) is 20.3. The fourth-order valence-corrected chi connectivity index (χ4v) is 5.05. The number of amides is 3. The predicted molar refractivity (Wildman–Crippen MR) is 169 cm³/mol. The summed E-state index contributed by atoms with van der Waals surface area (Å²) in [6, 6.07) is 14.0. The van der Waals surface area contributed by atoms with Crippen LogP contribution in [0.4, 0.5) is 0 Å². The zero-order valence-corrected chi connectivity index (χ0v) is 26.9. The highest BCUT2D eigenvalue weighted by Crippen LogP contribution is 2.29. The van der Waals surface area contributed by atoms with E-state index in [1.54, 1.807) is 13.8 Å². The summed E-state index contributed by atoms with van der Waals surface area (Å²) >= 11 is 0. The standard InChI is InChI=1S/C34H46N4O7/c1-23(35-29(39)21-38-15-17-43-18-16-38)31(41)37-28(20-25-11-13-26(14-12-25)45-33(2,3)4)32(42)36-27(30(40)34(5)22-44-34)19-24-9-7-6-8-10-24/h6-14,23,27-28H,15-22H2,1-5H3,(H,35,39)(H,36,42)(H,37,41)/t23?,27?,28-,34?/m0/s1. The first kappa shape index (κ1) is 34.1. The van der Waals surface area contributed by atoms with Crippen LogP contribution in [-0.2, 0) is 41.5 Å². The molecule has 0 radical (unpaired) electrons. The largest absolute Gasteiger partial charge is 0.488 e. The summed E-state index contributed by atoms with van der Waals surface area (Å²) < 4.78 is 16.7. The summed E-state index contributed by atoms with van der Waals surface area (Å²) in [6.07, 6.45) is 0.430. The number of nitrogens with zero attached hydrogens (tertiary/aromatic N) is 1. The van der Waals surface area contributed by atoms with Crippen molar-refractivity contribution in [2.24, 2.45) is 0 Å². The van der Waals surface area contributed by atoms with E-state index in [2.05, 4.69) is 16.0 Å². The minimum atomic E-state index is -1.02. The second-order valence-electron chi connectivity index (χ2n) is 12.9. The fourth-order valence-electron chi connectivity index (χ4n) is 5.05. The maximum atomic E-state index is 13.8. The lowest BCUT2D eigenvalue weighted by Gasteiger charge is -2.27. The first-order valence-electron chi connectivity index (χ1n) is 15.5. The van der Waals surface area contributed by atoms with Gasteiger partial charge in [-0.15, -0.1) is 0 Å². The topological polar surface area (TPSA) is 139 Å². The van der Waals surface area contributed by atoms with Crippen LogP contribution in [0.3, 0.4) is 0 Å². The van der Waals surface area contributed by atoms with E-state index in [1.165, 1.54) is 0 Å². The first-order valence-corrected chi connectivity index (χ1v) is 15.5. The third kappa shape index (κ3) is 10.7. The Hall–Kier alpha value is -3.80. The highest BCUT2D eigenvalue weighted by molar-refractivity contribution is 5.98. The van der Waals surface area contributed by atoms with Crippen molar-refractivity contribution in [3.05, 3.63) is 65.7 Å². The molecule has 11 heteroatoms. The van der Waals surface area contributed by atoms with Gasteiger partial charge in [0.05, 0.1) is 32.4 Å². The number of hydrogen-bond donors (Lipinski definition) is 3. The Bertz CT molecular complexity index is 1320. The molecule has 3 amide bonds. The number of rotatable bonds is 14. The number of carbonyl (C=O) groups is 4. The van der Waals surface area contributed by atoms with Crippen molar-refractivity contribution in [2.75, 3.05) is 39.5 Å². The number of nitrogens with one attached hydrogen (secondary N) is 3. The van der Waals surface area contributed by atoms with Crippen LogP contribution in [0.15, 0.2) is 54.6 Å². The van der Waals surface area contributed by atoms with Gasteiger partial charge >= 0.3 is 0 Å². The molecule has 2 aliphatic heterocycles. The van der Waals surface area contributed by atoms with Crippen molar-refractivity contribution in [1.29, 1.82) is 0 Å². The number of benzene rings is 2. The molecule has 3 N–H and O–H groups in total. The first-order chi connectivity index (χ1) is 21.3. The van der Waals surface area contributed by atoms with Crippen LogP contribution in [0.2, 0.25) is 0 Å². The summed E-state index contributed by atoms with van der Waals surface area (Å²) in [6.45, 7) is 12.0. The SMILES string of the molecule is CC(NC(=O)CN1CCOCC1)C(=O)N[C@@H](Cc1ccc(OC(C)(C)C)cc1)C(=O)NC(Cc1ccccc1)C(=O)C1(C)CO1. The van der Waals surface area contributed by atoms with E-state index in [4.69, 9.17) is 14.2 Å². The Morgan fingerprint density at radius 2 is 1.44 bits per heavy atom. The smallest absolute Gasteiger partial charge is 0.243 e. The summed E-state index contributed by atoms with van der Waals surface area (Å²) in [4.78, 5) is 55.2. The third-order valence-corrected chi connectivity index (χ3v) is 7.68. The molecular formula is C34H46N4O7. The number of epoxide rings is 1. The Kier molecular flexibility index (Phi) is 11.4. The lowest BCUT2D eigenvalue weighted by Crippen LogP contribution is -2.57. The molecule has 2 heterocycles. The molecule has 2 aromatic carbocycles. The van der Waals surface area contributed by atoms with Gasteiger partial charge in [-0.2, -0.15) is 0 Å². The average Bonchev–Trinajstić information content (AvgIpc) is 3.75. The van der Waals surface area contributed by atoms with Crippen molar-refractivity contribution in [3.8, 4) is 5.75 Å². The van der Waals surface area contributed by atoms with Gasteiger partial charge in [-0.25, -0.2) is 0 Å². The second-order valence-corrected chi connectivity index (χ2v) is 12.9. The molecule has 3 unspecified atom stereocenters. The van der Waals surface area contributed by atoms with Crippen LogP contribution < -0.4 is 20.7 Å². The van der Waals surface area contributed by atoms with Gasteiger partial charge < -0.3 is 30.2 Å². The van der Waals surface area contributed by atoms with Crippen LogP contribution in [0.25, 0.3) is 0 Å². The molecule has 2 fully saturated rings. The molecule has 0 aliphatic carbocycles. The number of carbonyl (C=O) groups excluding carboxylic acids is 4. The van der Waals surface area contributed by atoms with Crippen LogP contribution in [0.5, 0.6) is 5.75 Å². The Morgan fingerprint density at radius 3 is 2.04 bits per heavy atom. The monoisotopic (exact) mass is 622 g/mol. The van der Waals surface area contributed by atoms with E-state index in [9.17, 15) is 19.2 Å². The van der Waals surface area contributed by atoms with E-state index >= 15 is 0 Å². The lowest BCUT2D eigenvalue weighted by molar-refractivity contribution is -0.134. The van der Waals surface area contributed by atoms with E-state index in [1.807, 2.05) is 80.3 Å². The van der Waals surface area contributed by atoms with Crippen molar-refractivity contribution < 1.29 is 33.4 Å². The number of morpholine rings is 1. The van der Waals surface area contributed by atoms with Crippen molar-refractivity contribution >= 4 is 23.5 Å². The second kappa shape index (κ2) is 15.0. The Morgan fingerprint density at radius 1 is 0.867 bits per heavy atom. The van der Waals surface area contributed by atoms with Crippen LogP contribution in [-0.4, -0.2) is 97.2 Å². The molecule has 2 aliphatic rings. The van der Waals surface area contributed by atoms with E-state index in [0.29, 0.717) is 32.1 Å². The molecule has 45 heavy (non-hydrogen) atoms. The zero-order chi connectivity index (χ0) is 32.6. The highest BCUT2D eigenvalue weighted by atomic mass is 16.6. The molecule has 2 aromatic rings. The molecule has 4 atom stereocenters. The van der Waals surface area contributed by atoms with E-state index < -0.39 is 35.5 Å². The lowest BCUT2D eigenvalue weighted by atomic mass is 9.94. The minimum absolute atomic E-state index is 0.151. The van der Waals surface area contributed by atoms with Crippen molar-refractivity contribution in [3.63, 3.8) is 0 Å². The molecule has 11 nitrogen and oxygen atoms in total. The third-order valence-electron chi connectivity index (χ3n) is 7.68. The van der Waals surface area contributed by atoms with Gasteiger partial charge in [0, 0.05) is 19.5 Å². The number of Topliss-reactive ketones (excluding diaryl/α,β-unsaturated/α-hetero) is 1. The quantitative estimate of drug-likeness (QED) is 0.271. The van der Waals surface area contributed by atoms with Crippen molar-refractivity contribution in [1.82, 2.24) is 20.9 Å². The molecule has 0 spiro atoms. The Labute approximate surface area is 265 Å². The molecular weight excluding hydrogens is 576 g/mol. The maximum Gasteiger partial charge on any atom is 0.243 e. The minimum Gasteiger partial charge on any atom is -0.488 e. The van der Waals surface area contributed by atoms with Crippen LogP contribution in [0.1, 0.15) is 45.7 Å². The van der Waals surface area contributed by atoms with E-state index in [-0.39, 0.29) is 43.3 Å². The van der Waals surface area contributed by atoms with Crippen LogP contribution in [0, 0.1) is 0 Å². The number of ether oxygens (including phenoxy) is 3. The van der Waals surface area contributed by atoms with Gasteiger partial charge in [0.15, 0.2) is 5.78 Å². The summed E-state index contributed by atoms with van der Waals surface area (Å²) in [5.41, 5.74) is 0.340. The van der Waals surface area contributed by atoms with Crippen molar-refractivity contribution in [2.45, 2.75) is 76.8 Å². The number of hydrogen-bond acceptors (Lipinski definition) is 8. The zero-order valence-electron chi connectivity index (χ0n) is 26.9. The highest BCUT2D eigenvalue weighted by Gasteiger charge is 2.50. The fraction of sp³-hybridized carbons (Fsp3) is 0.529. The van der Waals surface area contributed by atoms with Crippen LogP contribution >= 0.6 is 0 Å². The maximum absolute atomic E-state index is 13.8. The molecule has 0 bridgehead atoms. The number of ketones is 1.